The van der Waals surface area contributed by atoms with Crippen molar-refractivity contribution < 1.29 is 0 Å². The quantitative estimate of drug-likeness (QED) is 0.881. The Morgan fingerprint density at radius 1 is 1.50 bits per heavy atom. The Kier molecular flexibility index (Phi) is 3.81. The van der Waals surface area contributed by atoms with Crippen molar-refractivity contribution in [3.8, 4) is 0 Å². The Hall–Kier alpha value is -1.22. The van der Waals surface area contributed by atoms with Gasteiger partial charge in [0.25, 0.3) is 0 Å². The minimum Gasteiger partial charge on any atom is -0.356 e. The van der Waals surface area contributed by atoms with Crippen LogP contribution in [0.2, 0.25) is 5.02 Å². The molecule has 0 saturated heterocycles. The number of nitrogens with one attached hydrogen (secondary N) is 2. The predicted octanol–water partition coefficient (Wildman–Crippen LogP) is 2.55. The normalized spacial score (nSPS) is 19.3. The second-order valence-corrected chi connectivity index (χ2v) is 5.92. The molecule has 1 aliphatic heterocycles. The third kappa shape index (κ3) is 3.16. The van der Waals surface area contributed by atoms with E-state index in [0.29, 0.717) is 6.04 Å². The average molecular weight is 266 g/mol. The Morgan fingerprint density at radius 2 is 2.28 bits per heavy atom. The van der Waals surface area contributed by atoms with Gasteiger partial charge >= 0.3 is 0 Å². The van der Waals surface area contributed by atoms with E-state index in [9.17, 15) is 0 Å². The fraction of sp³-hybridized carbons (Fsp3) is 0.500. The average Bonchev–Trinajstić information content (AvgIpc) is 2.73. The molecule has 0 bridgehead atoms. The summed E-state index contributed by atoms with van der Waals surface area (Å²) >= 11 is 6.04. The number of rotatable bonds is 3. The summed E-state index contributed by atoms with van der Waals surface area (Å²) in [6.45, 7) is 8.20. The molecule has 0 aliphatic carbocycles. The number of guanidine groups is 1. The van der Waals surface area contributed by atoms with Gasteiger partial charge in [0.1, 0.15) is 0 Å². The molecule has 2 rings (SSSR count). The molecule has 1 heterocycles. The molecule has 0 fully saturated rings. The maximum atomic E-state index is 6.04. The largest absolute Gasteiger partial charge is 0.356 e. The second kappa shape index (κ2) is 5.19. The molecule has 1 aromatic rings. The van der Waals surface area contributed by atoms with E-state index < -0.39 is 0 Å². The number of aliphatic imine (C=N–C) groups is 1. The summed E-state index contributed by atoms with van der Waals surface area (Å²) in [6.07, 6.45) is 0. The van der Waals surface area contributed by atoms with E-state index in [0.717, 1.165) is 24.1 Å². The third-order valence-corrected chi connectivity index (χ3v) is 3.45. The van der Waals surface area contributed by atoms with Crippen molar-refractivity contribution in [3.05, 3.63) is 34.9 Å². The lowest BCUT2D eigenvalue weighted by molar-refractivity contribution is 0.509. The van der Waals surface area contributed by atoms with Gasteiger partial charge in [-0.1, -0.05) is 37.6 Å². The fourth-order valence-electron chi connectivity index (χ4n) is 1.98. The van der Waals surface area contributed by atoms with Crippen molar-refractivity contribution in [2.75, 3.05) is 13.1 Å². The first-order valence-corrected chi connectivity index (χ1v) is 6.66. The van der Waals surface area contributed by atoms with Crippen LogP contribution in [0.1, 0.15) is 26.3 Å². The van der Waals surface area contributed by atoms with E-state index >= 15 is 0 Å². The molecule has 0 aromatic heterocycles. The lowest BCUT2D eigenvalue weighted by Crippen LogP contribution is -2.43. The first kappa shape index (κ1) is 13.2. The minimum atomic E-state index is 0.0148. The zero-order valence-corrected chi connectivity index (χ0v) is 11.9. The van der Waals surface area contributed by atoms with Gasteiger partial charge < -0.3 is 10.6 Å². The van der Waals surface area contributed by atoms with E-state index in [1.807, 2.05) is 18.2 Å². The molecule has 4 heteroatoms. The Labute approximate surface area is 114 Å². The summed E-state index contributed by atoms with van der Waals surface area (Å²) < 4.78 is 0. The van der Waals surface area contributed by atoms with Gasteiger partial charge in [0.05, 0.1) is 6.54 Å². The maximum Gasteiger partial charge on any atom is 0.191 e. The molecule has 0 amide bonds. The van der Waals surface area contributed by atoms with Crippen LogP contribution in [-0.2, 0) is 5.41 Å². The molecule has 18 heavy (non-hydrogen) atoms. The summed E-state index contributed by atoms with van der Waals surface area (Å²) in [5.74, 6) is 0.901. The van der Waals surface area contributed by atoms with Crippen LogP contribution in [0.4, 0.5) is 0 Å². The molecule has 2 N–H and O–H groups in total. The number of benzene rings is 1. The minimum absolute atomic E-state index is 0.0148. The Balaban J connectivity index is 1.99. The molecule has 98 valence electrons. The van der Waals surface area contributed by atoms with Crippen molar-refractivity contribution in [1.29, 1.82) is 0 Å². The number of nitrogens with zero attached hydrogens (tertiary/aromatic N) is 1. The Bertz CT molecular complexity index is 454. The summed E-state index contributed by atoms with van der Waals surface area (Å²) in [5.41, 5.74) is 1.25. The summed E-state index contributed by atoms with van der Waals surface area (Å²) in [6, 6.07) is 8.46. The summed E-state index contributed by atoms with van der Waals surface area (Å²) in [7, 11) is 0. The van der Waals surface area contributed by atoms with Gasteiger partial charge in [-0.15, -0.1) is 0 Å². The summed E-state index contributed by atoms with van der Waals surface area (Å²) in [5, 5.41) is 7.45. The molecule has 0 radical (unpaired) electrons. The SMILES string of the molecule is CC1CN=C(NCC(C)(C)c2cccc(Cl)c2)N1. The van der Waals surface area contributed by atoms with Crippen LogP contribution < -0.4 is 10.6 Å². The zero-order valence-electron chi connectivity index (χ0n) is 11.1. The third-order valence-electron chi connectivity index (χ3n) is 3.21. The molecule has 1 unspecified atom stereocenters. The van der Waals surface area contributed by atoms with E-state index in [1.165, 1.54) is 5.56 Å². The van der Waals surface area contributed by atoms with Crippen molar-refractivity contribution in [3.63, 3.8) is 0 Å². The number of hydrogen-bond acceptors (Lipinski definition) is 3. The van der Waals surface area contributed by atoms with Crippen molar-refractivity contribution in [2.24, 2.45) is 4.99 Å². The lowest BCUT2D eigenvalue weighted by atomic mass is 9.85. The molecule has 0 saturated carbocycles. The standard InChI is InChI=1S/C14H20ClN3/c1-10-8-16-13(18-10)17-9-14(2,3)11-5-4-6-12(15)7-11/h4-7,10H,8-9H2,1-3H3,(H2,16,17,18). The van der Waals surface area contributed by atoms with Gasteiger partial charge in [-0.3, -0.25) is 4.99 Å². The van der Waals surface area contributed by atoms with Gasteiger partial charge in [-0.2, -0.15) is 0 Å². The molecule has 0 spiro atoms. The highest BCUT2D eigenvalue weighted by molar-refractivity contribution is 6.30. The van der Waals surface area contributed by atoms with Crippen molar-refractivity contribution in [1.82, 2.24) is 10.6 Å². The molecule has 1 aliphatic rings. The van der Waals surface area contributed by atoms with E-state index in [1.54, 1.807) is 0 Å². The maximum absolute atomic E-state index is 6.04. The topological polar surface area (TPSA) is 36.4 Å². The van der Waals surface area contributed by atoms with Crippen LogP contribution in [0.25, 0.3) is 0 Å². The van der Waals surface area contributed by atoms with E-state index in [2.05, 4.69) is 42.5 Å². The summed E-state index contributed by atoms with van der Waals surface area (Å²) in [4.78, 5) is 4.40. The van der Waals surface area contributed by atoms with E-state index in [4.69, 9.17) is 11.6 Å². The first-order valence-electron chi connectivity index (χ1n) is 6.28. The molecular formula is C14H20ClN3. The first-order chi connectivity index (χ1) is 8.47. The van der Waals surface area contributed by atoms with Crippen LogP contribution in [-0.4, -0.2) is 25.1 Å². The van der Waals surface area contributed by atoms with Gasteiger partial charge in [-0.05, 0) is 24.6 Å². The highest BCUT2D eigenvalue weighted by Gasteiger charge is 2.22. The van der Waals surface area contributed by atoms with Gasteiger partial charge in [-0.25, -0.2) is 0 Å². The zero-order chi connectivity index (χ0) is 13.2. The molecule has 3 nitrogen and oxygen atoms in total. The predicted molar refractivity (Wildman–Crippen MR) is 77.4 cm³/mol. The highest BCUT2D eigenvalue weighted by Crippen LogP contribution is 2.24. The smallest absolute Gasteiger partial charge is 0.191 e. The number of hydrogen-bond donors (Lipinski definition) is 2. The highest BCUT2D eigenvalue weighted by atomic mass is 35.5. The van der Waals surface area contributed by atoms with Gasteiger partial charge in [0, 0.05) is 23.0 Å². The molecule has 1 atom stereocenters. The van der Waals surface area contributed by atoms with Crippen LogP contribution in [0, 0.1) is 0 Å². The van der Waals surface area contributed by atoms with Crippen molar-refractivity contribution in [2.45, 2.75) is 32.2 Å². The Morgan fingerprint density at radius 3 is 2.89 bits per heavy atom. The second-order valence-electron chi connectivity index (χ2n) is 5.48. The van der Waals surface area contributed by atoms with Crippen LogP contribution >= 0.6 is 11.6 Å². The lowest BCUT2D eigenvalue weighted by Gasteiger charge is -2.26. The fourth-order valence-corrected chi connectivity index (χ4v) is 2.17. The van der Waals surface area contributed by atoms with Gasteiger partial charge in [0.2, 0.25) is 0 Å². The number of halogens is 1. The van der Waals surface area contributed by atoms with Crippen LogP contribution in [0.3, 0.4) is 0 Å². The van der Waals surface area contributed by atoms with Gasteiger partial charge in [0.15, 0.2) is 5.96 Å². The van der Waals surface area contributed by atoms with Crippen LogP contribution in [0.5, 0.6) is 0 Å². The monoisotopic (exact) mass is 265 g/mol. The molecular weight excluding hydrogens is 246 g/mol. The van der Waals surface area contributed by atoms with Crippen molar-refractivity contribution >= 4 is 17.6 Å². The molecule has 1 aromatic carbocycles. The van der Waals surface area contributed by atoms with E-state index in [-0.39, 0.29) is 5.41 Å². The van der Waals surface area contributed by atoms with Crippen LogP contribution in [0.15, 0.2) is 29.3 Å².